The van der Waals surface area contributed by atoms with Crippen molar-refractivity contribution in [3.05, 3.63) is 69.9 Å². The molecule has 1 atom stereocenters. The lowest BCUT2D eigenvalue weighted by molar-refractivity contribution is 0.187. The molecule has 5 heteroatoms. The van der Waals surface area contributed by atoms with Crippen LogP contribution < -0.4 is 0 Å². The van der Waals surface area contributed by atoms with Crippen molar-refractivity contribution >= 4 is 26.9 Å². The molecule has 0 aliphatic rings. The lowest BCUT2D eigenvalue weighted by Crippen LogP contribution is -2.01. The van der Waals surface area contributed by atoms with E-state index in [0.717, 1.165) is 0 Å². The second kappa shape index (κ2) is 5.00. The number of para-hydroxylation sites is 1. The van der Waals surface area contributed by atoms with Gasteiger partial charge in [0.1, 0.15) is 17.7 Å². The van der Waals surface area contributed by atoms with Crippen LogP contribution in [0.2, 0.25) is 0 Å². The zero-order chi connectivity index (χ0) is 14.3. The summed E-state index contributed by atoms with van der Waals surface area (Å²) in [5.74, 6) is -0.976. The average Bonchev–Trinajstić information content (AvgIpc) is 2.83. The highest BCUT2D eigenvalue weighted by Gasteiger charge is 2.20. The molecule has 0 saturated carbocycles. The van der Waals surface area contributed by atoms with E-state index >= 15 is 0 Å². The van der Waals surface area contributed by atoms with Crippen LogP contribution in [0.5, 0.6) is 0 Å². The van der Waals surface area contributed by atoms with Crippen LogP contribution in [0.1, 0.15) is 17.4 Å². The summed E-state index contributed by atoms with van der Waals surface area (Å²) in [5, 5.41) is 10.7. The average molecular weight is 339 g/mol. The van der Waals surface area contributed by atoms with Crippen LogP contribution in [0.15, 0.2) is 51.4 Å². The second-order valence-electron chi connectivity index (χ2n) is 4.38. The SMILES string of the molecule is OC(c1cc2cccc(F)c2o1)c1ccc(Br)cc1F. The number of fused-ring (bicyclic) bond motifs is 1. The molecule has 1 unspecified atom stereocenters. The minimum absolute atomic E-state index is 0.0547. The molecule has 3 rings (SSSR count). The Labute approximate surface area is 121 Å². The summed E-state index contributed by atoms with van der Waals surface area (Å²) in [6.45, 7) is 0. The van der Waals surface area contributed by atoms with Gasteiger partial charge in [0, 0.05) is 15.4 Å². The molecule has 0 aliphatic heterocycles. The van der Waals surface area contributed by atoms with Crippen LogP contribution in [0, 0.1) is 11.6 Å². The Hall–Kier alpha value is -1.72. The van der Waals surface area contributed by atoms with Gasteiger partial charge in [-0.05, 0) is 24.3 Å². The standard InChI is InChI=1S/C15H9BrF2O2/c16-9-4-5-10(12(18)7-9)14(19)13-6-8-2-1-3-11(17)15(8)20-13/h1-7,14,19H. The summed E-state index contributed by atoms with van der Waals surface area (Å²) in [7, 11) is 0. The molecule has 2 aromatic carbocycles. The van der Waals surface area contributed by atoms with E-state index in [1.165, 1.54) is 24.3 Å². The van der Waals surface area contributed by atoms with Crippen molar-refractivity contribution < 1.29 is 18.3 Å². The summed E-state index contributed by atoms with van der Waals surface area (Å²) in [6.07, 6.45) is -1.28. The number of rotatable bonds is 2. The Bertz CT molecular complexity index is 783. The molecule has 20 heavy (non-hydrogen) atoms. The van der Waals surface area contributed by atoms with Gasteiger partial charge in [-0.1, -0.05) is 34.1 Å². The number of aliphatic hydroxyl groups excluding tert-OH is 1. The first-order valence-electron chi connectivity index (χ1n) is 5.87. The Kier molecular flexibility index (Phi) is 3.31. The fraction of sp³-hybridized carbons (Fsp3) is 0.0667. The summed E-state index contributed by atoms with van der Waals surface area (Å²) in [5.41, 5.74) is 0.131. The van der Waals surface area contributed by atoms with E-state index in [-0.39, 0.29) is 16.9 Å². The van der Waals surface area contributed by atoms with Gasteiger partial charge < -0.3 is 9.52 Å². The molecule has 0 fully saturated rings. The first-order valence-corrected chi connectivity index (χ1v) is 6.66. The summed E-state index contributed by atoms with van der Waals surface area (Å²) < 4.78 is 33.2. The van der Waals surface area contributed by atoms with Crippen molar-refractivity contribution in [2.24, 2.45) is 0 Å². The van der Waals surface area contributed by atoms with Crippen molar-refractivity contribution in [3.8, 4) is 0 Å². The number of aliphatic hydroxyl groups is 1. The number of hydrogen-bond acceptors (Lipinski definition) is 2. The molecule has 102 valence electrons. The van der Waals surface area contributed by atoms with Gasteiger partial charge in [-0.3, -0.25) is 0 Å². The minimum atomic E-state index is -1.28. The maximum Gasteiger partial charge on any atom is 0.170 e. The fourth-order valence-corrected chi connectivity index (χ4v) is 2.39. The predicted molar refractivity (Wildman–Crippen MR) is 74.3 cm³/mol. The first-order chi connectivity index (χ1) is 9.56. The molecule has 0 amide bonds. The quantitative estimate of drug-likeness (QED) is 0.743. The van der Waals surface area contributed by atoms with E-state index in [1.54, 1.807) is 18.2 Å². The van der Waals surface area contributed by atoms with E-state index in [4.69, 9.17) is 4.42 Å². The number of hydrogen-bond donors (Lipinski definition) is 1. The molecule has 0 aliphatic carbocycles. The molecule has 1 N–H and O–H groups in total. The third-order valence-corrected chi connectivity index (χ3v) is 3.53. The summed E-state index contributed by atoms with van der Waals surface area (Å²) in [4.78, 5) is 0. The largest absolute Gasteiger partial charge is 0.455 e. The zero-order valence-electron chi connectivity index (χ0n) is 10.1. The van der Waals surface area contributed by atoms with Crippen LogP contribution in [0.25, 0.3) is 11.0 Å². The maximum atomic E-state index is 13.8. The van der Waals surface area contributed by atoms with Gasteiger partial charge in [-0.2, -0.15) is 0 Å². The molecule has 3 aromatic rings. The van der Waals surface area contributed by atoms with Crippen LogP contribution in [0.3, 0.4) is 0 Å². The lowest BCUT2D eigenvalue weighted by atomic mass is 10.1. The van der Waals surface area contributed by atoms with Crippen LogP contribution in [-0.4, -0.2) is 5.11 Å². The van der Waals surface area contributed by atoms with E-state index < -0.39 is 17.7 Å². The molecule has 1 aromatic heterocycles. The van der Waals surface area contributed by atoms with Crippen LogP contribution in [0.4, 0.5) is 8.78 Å². The first kappa shape index (κ1) is 13.3. The molecule has 1 heterocycles. The molecule has 0 radical (unpaired) electrons. The van der Waals surface area contributed by atoms with Crippen LogP contribution in [-0.2, 0) is 0 Å². The van der Waals surface area contributed by atoms with Crippen molar-refractivity contribution in [1.82, 2.24) is 0 Å². The third kappa shape index (κ3) is 2.23. The van der Waals surface area contributed by atoms with Gasteiger partial charge in [0.15, 0.2) is 11.4 Å². The monoisotopic (exact) mass is 338 g/mol. The fourth-order valence-electron chi connectivity index (χ4n) is 2.06. The van der Waals surface area contributed by atoms with Crippen molar-refractivity contribution in [2.45, 2.75) is 6.10 Å². The van der Waals surface area contributed by atoms with E-state index in [0.29, 0.717) is 9.86 Å². The zero-order valence-corrected chi connectivity index (χ0v) is 11.7. The van der Waals surface area contributed by atoms with E-state index in [2.05, 4.69) is 15.9 Å². The summed E-state index contributed by atoms with van der Waals surface area (Å²) in [6, 6.07) is 10.3. The number of benzene rings is 2. The summed E-state index contributed by atoms with van der Waals surface area (Å²) >= 11 is 3.14. The highest BCUT2D eigenvalue weighted by Crippen LogP contribution is 2.31. The molecule has 0 spiro atoms. The second-order valence-corrected chi connectivity index (χ2v) is 5.29. The van der Waals surface area contributed by atoms with Gasteiger partial charge in [0.2, 0.25) is 0 Å². The Morgan fingerprint density at radius 2 is 1.85 bits per heavy atom. The molecular weight excluding hydrogens is 330 g/mol. The highest BCUT2D eigenvalue weighted by molar-refractivity contribution is 9.10. The molecule has 2 nitrogen and oxygen atoms in total. The van der Waals surface area contributed by atoms with Crippen LogP contribution >= 0.6 is 15.9 Å². The third-order valence-electron chi connectivity index (χ3n) is 3.04. The highest BCUT2D eigenvalue weighted by atomic mass is 79.9. The Morgan fingerprint density at radius 1 is 1.05 bits per heavy atom. The van der Waals surface area contributed by atoms with Gasteiger partial charge in [0.25, 0.3) is 0 Å². The lowest BCUT2D eigenvalue weighted by Gasteiger charge is -2.09. The van der Waals surface area contributed by atoms with Crippen molar-refractivity contribution in [3.63, 3.8) is 0 Å². The van der Waals surface area contributed by atoms with Gasteiger partial charge >= 0.3 is 0 Å². The van der Waals surface area contributed by atoms with Gasteiger partial charge in [0.05, 0.1) is 0 Å². The van der Waals surface area contributed by atoms with E-state index in [9.17, 15) is 13.9 Å². The smallest absolute Gasteiger partial charge is 0.170 e. The Balaban J connectivity index is 2.08. The minimum Gasteiger partial charge on any atom is -0.455 e. The molecular formula is C15H9BrF2O2. The number of halogens is 3. The van der Waals surface area contributed by atoms with Gasteiger partial charge in [-0.25, -0.2) is 8.78 Å². The van der Waals surface area contributed by atoms with Crippen molar-refractivity contribution in [1.29, 1.82) is 0 Å². The Morgan fingerprint density at radius 3 is 2.55 bits per heavy atom. The normalized spacial score (nSPS) is 12.8. The predicted octanol–water partition coefficient (Wildman–Crippen LogP) is 4.56. The topological polar surface area (TPSA) is 33.4 Å². The molecule has 0 bridgehead atoms. The molecule has 0 saturated heterocycles. The van der Waals surface area contributed by atoms with Gasteiger partial charge in [-0.15, -0.1) is 0 Å². The number of furan rings is 1. The maximum absolute atomic E-state index is 13.8. The van der Waals surface area contributed by atoms with E-state index in [1.807, 2.05) is 0 Å². The van der Waals surface area contributed by atoms with Crippen molar-refractivity contribution in [2.75, 3.05) is 0 Å².